The summed E-state index contributed by atoms with van der Waals surface area (Å²) >= 11 is 5.78. The van der Waals surface area contributed by atoms with Crippen LogP contribution >= 0.6 is 11.6 Å². The van der Waals surface area contributed by atoms with Crippen molar-refractivity contribution in [1.82, 2.24) is 0 Å². The number of rotatable bonds is 0. The first-order valence-corrected chi connectivity index (χ1v) is 6.84. The molecule has 3 rings (SSSR count). The Kier molecular flexibility index (Phi) is 2.75. The maximum absolute atomic E-state index is 13.7. The fraction of sp³-hybridized carbons (Fsp3) is 0.500. The Balaban J connectivity index is 2.12. The van der Waals surface area contributed by atoms with E-state index in [9.17, 15) is 9.18 Å². The Morgan fingerprint density at radius 2 is 2.21 bits per heavy atom. The summed E-state index contributed by atoms with van der Waals surface area (Å²) in [6.07, 6.45) is 1.99. The molecule has 1 fully saturated rings. The Morgan fingerprint density at radius 1 is 1.47 bits per heavy atom. The molecular formula is C14H16ClFN2O. The van der Waals surface area contributed by atoms with Crippen molar-refractivity contribution in [3.05, 3.63) is 23.0 Å². The van der Waals surface area contributed by atoms with Gasteiger partial charge in [-0.1, -0.05) is 25.4 Å². The van der Waals surface area contributed by atoms with E-state index in [2.05, 4.69) is 19.2 Å². The van der Waals surface area contributed by atoms with E-state index in [0.717, 1.165) is 25.1 Å². The molecule has 102 valence electrons. The number of piperidine rings is 1. The first-order chi connectivity index (χ1) is 8.90. The van der Waals surface area contributed by atoms with Crippen molar-refractivity contribution < 1.29 is 9.18 Å². The average molecular weight is 283 g/mol. The quantitative estimate of drug-likeness (QED) is 0.791. The number of anilines is 2. The van der Waals surface area contributed by atoms with Crippen molar-refractivity contribution in [2.75, 3.05) is 16.8 Å². The van der Waals surface area contributed by atoms with Gasteiger partial charge >= 0.3 is 0 Å². The number of fused-ring (bicyclic) bond motifs is 3. The zero-order chi connectivity index (χ0) is 13.8. The molecule has 2 aliphatic rings. The summed E-state index contributed by atoms with van der Waals surface area (Å²) < 4.78 is 13.7. The van der Waals surface area contributed by atoms with Crippen LogP contribution in [0.3, 0.4) is 0 Å². The fourth-order valence-corrected chi connectivity index (χ4v) is 3.39. The standard InChI is InChI=1S/C14H16ClFN2O/c1-14(2)4-3-5-18-11-7-9(16)8(15)6-10(11)17-13(19)12(14)18/h6-7,12H,3-5H2,1-2H3,(H,17,19). The predicted octanol–water partition coefficient (Wildman–Crippen LogP) is 3.43. The minimum Gasteiger partial charge on any atom is -0.357 e. The second-order valence-corrected chi connectivity index (χ2v) is 6.37. The zero-order valence-corrected chi connectivity index (χ0v) is 11.7. The van der Waals surface area contributed by atoms with Crippen molar-refractivity contribution >= 4 is 28.9 Å². The van der Waals surface area contributed by atoms with E-state index >= 15 is 0 Å². The smallest absolute Gasteiger partial charge is 0.247 e. The van der Waals surface area contributed by atoms with Crippen molar-refractivity contribution in [2.24, 2.45) is 5.41 Å². The normalized spacial score (nSPS) is 24.5. The molecule has 1 N–H and O–H groups in total. The number of hydrogen-bond acceptors (Lipinski definition) is 2. The molecule has 1 unspecified atom stereocenters. The van der Waals surface area contributed by atoms with E-state index in [1.807, 2.05) is 4.90 Å². The lowest BCUT2D eigenvalue weighted by molar-refractivity contribution is -0.120. The van der Waals surface area contributed by atoms with Gasteiger partial charge in [-0.25, -0.2) is 4.39 Å². The molecule has 1 saturated heterocycles. The van der Waals surface area contributed by atoms with Gasteiger partial charge in [0.2, 0.25) is 5.91 Å². The number of nitrogens with zero attached hydrogens (tertiary/aromatic N) is 1. The summed E-state index contributed by atoms with van der Waals surface area (Å²) in [6.45, 7) is 4.94. The van der Waals surface area contributed by atoms with E-state index < -0.39 is 5.82 Å². The molecule has 0 spiro atoms. The molecule has 19 heavy (non-hydrogen) atoms. The predicted molar refractivity (Wildman–Crippen MR) is 74.2 cm³/mol. The molecule has 0 radical (unpaired) electrons. The van der Waals surface area contributed by atoms with Gasteiger partial charge < -0.3 is 10.2 Å². The number of hydrogen-bond donors (Lipinski definition) is 1. The van der Waals surface area contributed by atoms with Crippen molar-refractivity contribution in [3.63, 3.8) is 0 Å². The molecule has 3 nitrogen and oxygen atoms in total. The van der Waals surface area contributed by atoms with E-state index in [-0.39, 0.29) is 22.4 Å². The molecule has 2 aliphatic heterocycles. The topological polar surface area (TPSA) is 32.3 Å². The largest absolute Gasteiger partial charge is 0.357 e. The number of halogens is 2. The third-order valence-corrected chi connectivity index (χ3v) is 4.42. The van der Waals surface area contributed by atoms with Gasteiger partial charge in [-0.2, -0.15) is 0 Å². The van der Waals surface area contributed by atoms with Crippen LogP contribution in [0.1, 0.15) is 26.7 Å². The van der Waals surface area contributed by atoms with E-state index in [1.165, 1.54) is 12.1 Å². The van der Waals surface area contributed by atoms with E-state index in [1.54, 1.807) is 0 Å². The van der Waals surface area contributed by atoms with Gasteiger partial charge in [0.25, 0.3) is 0 Å². The number of benzene rings is 1. The Labute approximate surface area is 116 Å². The van der Waals surface area contributed by atoms with Gasteiger partial charge in [0.1, 0.15) is 11.9 Å². The number of carbonyl (C=O) groups is 1. The molecule has 5 heteroatoms. The second-order valence-electron chi connectivity index (χ2n) is 5.96. The van der Waals surface area contributed by atoms with Crippen LogP contribution in [-0.4, -0.2) is 18.5 Å². The first-order valence-electron chi connectivity index (χ1n) is 6.47. The number of amides is 1. The summed E-state index contributed by atoms with van der Waals surface area (Å²) in [6, 6.07) is 2.67. The van der Waals surface area contributed by atoms with E-state index in [4.69, 9.17) is 11.6 Å². The van der Waals surface area contributed by atoms with Crippen molar-refractivity contribution in [1.29, 1.82) is 0 Å². The minimum atomic E-state index is -0.446. The Morgan fingerprint density at radius 3 is 2.95 bits per heavy atom. The highest BCUT2D eigenvalue weighted by Crippen LogP contribution is 2.44. The van der Waals surface area contributed by atoms with Crippen molar-refractivity contribution in [3.8, 4) is 0 Å². The lowest BCUT2D eigenvalue weighted by Crippen LogP contribution is -2.58. The molecule has 1 aromatic carbocycles. The van der Waals surface area contributed by atoms with Crippen LogP contribution in [-0.2, 0) is 4.79 Å². The summed E-state index contributed by atoms with van der Waals surface area (Å²) in [5.74, 6) is -0.474. The molecule has 1 aromatic rings. The van der Waals surface area contributed by atoms with Crippen LogP contribution < -0.4 is 10.2 Å². The second kappa shape index (κ2) is 4.10. The minimum absolute atomic E-state index is 0.0279. The Hall–Kier alpha value is -1.29. The summed E-state index contributed by atoms with van der Waals surface area (Å²) in [7, 11) is 0. The highest BCUT2D eigenvalue weighted by atomic mass is 35.5. The van der Waals surface area contributed by atoms with Crippen LogP contribution in [0, 0.1) is 11.2 Å². The molecule has 1 amide bonds. The molecular weight excluding hydrogens is 267 g/mol. The maximum Gasteiger partial charge on any atom is 0.247 e. The summed E-state index contributed by atoms with van der Waals surface area (Å²) in [5.41, 5.74) is 1.22. The van der Waals surface area contributed by atoms with Gasteiger partial charge in [0.05, 0.1) is 16.4 Å². The highest BCUT2D eigenvalue weighted by molar-refractivity contribution is 6.31. The van der Waals surface area contributed by atoms with Crippen LogP contribution in [0.25, 0.3) is 0 Å². The van der Waals surface area contributed by atoms with Crippen LogP contribution in [0.15, 0.2) is 12.1 Å². The molecule has 1 atom stereocenters. The van der Waals surface area contributed by atoms with Gasteiger partial charge in [-0.15, -0.1) is 0 Å². The monoisotopic (exact) mass is 282 g/mol. The van der Waals surface area contributed by atoms with Crippen molar-refractivity contribution in [2.45, 2.75) is 32.7 Å². The van der Waals surface area contributed by atoms with Crippen LogP contribution in [0.5, 0.6) is 0 Å². The maximum atomic E-state index is 13.7. The number of carbonyl (C=O) groups excluding carboxylic acids is 1. The van der Waals surface area contributed by atoms with Gasteiger partial charge in [0.15, 0.2) is 0 Å². The SMILES string of the molecule is CC1(C)CCCN2c3cc(F)c(Cl)cc3NC(=O)C21. The lowest BCUT2D eigenvalue weighted by Gasteiger charge is -2.49. The van der Waals surface area contributed by atoms with Crippen LogP contribution in [0.2, 0.25) is 5.02 Å². The first kappa shape index (κ1) is 12.7. The van der Waals surface area contributed by atoms with Gasteiger partial charge in [0, 0.05) is 12.6 Å². The van der Waals surface area contributed by atoms with E-state index in [0.29, 0.717) is 5.69 Å². The molecule has 0 aliphatic carbocycles. The number of nitrogens with one attached hydrogen (secondary N) is 1. The average Bonchev–Trinajstić information content (AvgIpc) is 2.31. The molecule has 0 saturated carbocycles. The van der Waals surface area contributed by atoms with Gasteiger partial charge in [-0.05, 0) is 24.3 Å². The highest BCUT2D eigenvalue weighted by Gasteiger charge is 2.45. The molecule has 0 aromatic heterocycles. The molecule has 0 bridgehead atoms. The lowest BCUT2D eigenvalue weighted by atomic mass is 9.75. The summed E-state index contributed by atoms with van der Waals surface area (Å²) in [5, 5.41) is 2.89. The summed E-state index contributed by atoms with van der Waals surface area (Å²) in [4.78, 5) is 14.3. The Bertz CT molecular complexity index is 559. The third-order valence-electron chi connectivity index (χ3n) is 4.13. The van der Waals surface area contributed by atoms with Crippen LogP contribution in [0.4, 0.5) is 15.8 Å². The zero-order valence-electron chi connectivity index (χ0n) is 11.0. The third kappa shape index (κ3) is 1.89. The van der Waals surface area contributed by atoms with Gasteiger partial charge in [-0.3, -0.25) is 4.79 Å². The fourth-order valence-electron chi connectivity index (χ4n) is 3.22. The molecule has 2 heterocycles.